The minimum Gasteiger partial charge on any atom is -0.484 e. The summed E-state index contributed by atoms with van der Waals surface area (Å²) in [6.45, 7) is 4.28. The van der Waals surface area contributed by atoms with Crippen molar-refractivity contribution in [3.8, 4) is 17.2 Å². The molecule has 1 amide bonds. The Balaban J connectivity index is 1.38. The average molecular weight is 401 g/mol. The average Bonchev–Trinajstić information content (AvgIpc) is 3.21. The predicted molar refractivity (Wildman–Crippen MR) is 117 cm³/mol. The van der Waals surface area contributed by atoms with E-state index in [0.717, 1.165) is 12.0 Å². The fourth-order valence-corrected chi connectivity index (χ4v) is 3.09. The molecule has 0 aliphatic rings. The SMILES string of the molecule is CCC(C)c1ccc(OCC(=O)Nc2ccc3oc(-c4cccnc4)nc3c2)cc1. The molecule has 0 fully saturated rings. The molecule has 0 radical (unpaired) electrons. The monoisotopic (exact) mass is 401 g/mol. The maximum atomic E-state index is 12.3. The van der Waals surface area contributed by atoms with Gasteiger partial charge in [0.25, 0.3) is 5.91 Å². The summed E-state index contributed by atoms with van der Waals surface area (Å²) >= 11 is 0. The Morgan fingerprint density at radius 1 is 1.17 bits per heavy atom. The van der Waals surface area contributed by atoms with Crippen LogP contribution in [0.4, 0.5) is 5.69 Å². The topological polar surface area (TPSA) is 77.2 Å². The summed E-state index contributed by atoms with van der Waals surface area (Å²) in [7, 11) is 0. The van der Waals surface area contributed by atoms with E-state index in [1.165, 1.54) is 5.56 Å². The van der Waals surface area contributed by atoms with Crippen LogP contribution >= 0.6 is 0 Å². The molecular weight excluding hydrogens is 378 g/mol. The minimum absolute atomic E-state index is 0.0690. The van der Waals surface area contributed by atoms with Gasteiger partial charge in [0, 0.05) is 18.1 Å². The fourth-order valence-electron chi connectivity index (χ4n) is 3.09. The molecular formula is C24H23N3O3. The first-order valence-corrected chi connectivity index (χ1v) is 9.96. The first-order valence-electron chi connectivity index (χ1n) is 9.96. The minimum atomic E-state index is -0.240. The van der Waals surface area contributed by atoms with Gasteiger partial charge in [0.1, 0.15) is 11.3 Å². The van der Waals surface area contributed by atoms with Crippen molar-refractivity contribution in [2.45, 2.75) is 26.2 Å². The number of oxazole rings is 1. The van der Waals surface area contributed by atoms with Gasteiger partial charge in [-0.2, -0.15) is 0 Å². The second-order valence-corrected chi connectivity index (χ2v) is 7.16. The van der Waals surface area contributed by atoms with Crippen LogP contribution in [0.15, 0.2) is 71.4 Å². The van der Waals surface area contributed by atoms with Crippen molar-refractivity contribution in [2.24, 2.45) is 0 Å². The molecule has 6 nitrogen and oxygen atoms in total. The molecule has 2 aromatic carbocycles. The molecule has 2 aromatic heterocycles. The van der Waals surface area contributed by atoms with Gasteiger partial charge in [0.15, 0.2) is 12.2 Å². The number of nitrogens with zero attached hydrogens (tertiary/aromatic N) is 2. The Kier molecular flexibility index (Phi) is 5.75. The lowest BCUT2D eigenvalue weighted by Gasteiger charge is -2.11. The summed E-state index contributed by atoms with van der Waals surface area (Å²) in [5, 5.41) is 2.83. The number of anilines is 1. The second kappa shape index (κ2) is 8.78. The van der Waals surface area contributed by atoms with E-state index in [0.29, 0.717) is 34.3 Å². The number of carbonyl (C=O) groups is 1. The van der Waals surface area contributed by atoms with Crippen LogP contribution in [0.3, 0.4) is 0 Å². The largest absolute Gasteiger partial charge is 0.484 e. The molecule has 0 spiro atoms. The van der Waals surface area contributed by atoms with Crippen molar-refractivity contribution in [3.63, 3.8) is 0 Å². The Morgan fingerprint density at radius 2 is 2.00 bits per heavy atom. The Hall–Kier alpha value is -3.67. The van der Waals surface area contributed by atoms with E-state index in [2.05, 4.69) is 29.1 Å². The zero-order valence-electron chi connectivity index (χ0n) is 17.0. The van der Waals surface area contributed by atoms with E-state index in [1.54, 1.807) is 30.6 Å². The third-order valence-corrected chi connectivity index (χ3v) is 5.01. The van der Waals surface area contributed by atoms with E-state index in [9.17, 15) is 4.79 Å². The lowest BCUT2D eigenvalue weighted by Crippen LogP contribution is -2.20. The van der Waals surface area contributed by atoms with Crippen LogP contribution in [0.1, 0.15) is 31.7 Å². The highest BCUT2D eigenvalue weighted by molar-refractivity contribution is 5.94. The van der Waals surface area contributed by atoms with E-state index in [1.807, 2.05) is 36.4 Å². The van der Waals surface area contributed by atoms with Crippen molar-refractivity contribution in [3.05, 3.63) is 72.6 Å². The summed E-state index contributed by atoms with van der Waals surface area (Å²) in [4.78, 5) is 20.8. The Bertz CT molecular complexity index is 1140. The molecule has 1 unspecified atom stereocenters. The van der Waals surface area contributed by atoms with Crippen LogP contribution in [0.5, 0.6) is 5.75 Å². The molecule has 30 heavy (non-hydrogen) atoms. The highest BCUT2D eigenvalue weighted by atomic mass is 16.5. The third-order valence-electron chi connectivity index (χ3n) is 5.01. The highest BCUT2D eigenvalue weighted by Gasteiger charge is 2.11. The number of benzene rings is 2. The number of amides is 1. The zero-order chi connectivity index (χ0) is 20.9. The summed E-state index contributed by atoms with van der Waals surface area (Å²) in [5.74, 6) is 1.43. The number of hydrogen-bond acceptors (Lipinski definition) is 5. The number of rotatable bonds is 7. The fraction of sp³-hybridized carbons (Fsp3) is 0.208. The number of pyridine rings is 1. The number of carbonyl (C=O) groups excluding carboxylic acids is 1. The molecule has 0 saturated carbocycles. The first-order chi connectivity index (χ1) is 14.6. The molecule has 0 saturated heterocycles. The van der Waals surface area contributed by atoms with Gasteiger partial charge in [-0.3, -0.25) is 9.78 Å². The summed E-state index contributed by atoms with van der Waals surface area (Å²) in [6, 6.07) is 16.9. The maximum Gasteiger partial charge on any atom is 0.262 e. The van der Waals surface area contributed by atoms with Crippen molar-refractivity contribution in [2.75, 3.05) is 11.9 Å². The van der Waals surface area contributed by atoms with Crippen molar-refractivity contribution in [1.29, 1.82) is 0 Å². The maximum absolute atomic E-state index is 12.3. The van der Waals surface area contributed by atoms with Crippen molar-refractivity contribution in [1.82, 2.24) is 9.97 Å². The molecule has 1 N–H and O–H groups in total. The molecule has 1 atom stereocenters. The Morgan fingerprint density at radius 3 is 2.73 bits per heavy atom. The normalized spacial score (nSPS) is 11.9. The van der Waals surface area contributed by atoms with Gasteiger partial charge in [-0.05, 0) is 60.4 Å². The summed E-state index contributed by atoms with van der Waals surface area (Å²) in [6.07, 6.45) is 4.48. The molecule has 0 bridgehead atoms. The van der Waals surface area contributed by atoms with E-state index in [4.69, 9.17) is 9.15 Å². The zero-order valence-corrected chi connectivity index (χ0v) is 17.0. The molecule has 2 heterocycles. The van der Waals surface area contributed by atoms with Crippen LogP contribution in [0, 0.1) is 0 Å². The molecule has 6 heteroatoms. The van der Waals surface area contributed by atoms with Gasteiger partial charge >= 0.3 is 0 Å². The highest BCUT2D eigenvalue weighted by Crippen LogP contribution is 2.26. The van der Waals surface area contributed by atoms with E-state index in [-0.39, 0.29) is 12.5 Å². The standard InChI is InChI=1S/C24H23N3O3/c1-3-16(2)17-6-9-20(10-7-17)29-15-23(28)26-19-8-11-22-21(13-19)27-24(30-22)18-5-4-12-25-14-18/h4-14,16H,3,15H2,1-2H3,(H,26,28). The summed E-state index contributed by atoms with van der Waals surface area (Å²) in [5.41, 5.74) is 4.00. The second-order valence-electron chi connectivity index (χ2n) is 7.16. The Labute approximate surface area is 174 Å². The molecule has 4 aromatic rings. The van der Waals surface area contributed by atoms with Crippen LogP contribution in [0.25, 0.3) is 22.6 Å². The van der Waals surface area contributed by atoms with Crippen LogP contribution in [0.2, 0.25) is 0 Å². The lowest BCUT2D eigenvalue weighted by atomic mass is 9.99. The lowest BCUT2D eigenvalue weighted by molar-refractivity contribution is -0.118. The number of ether oxygens (including phenoxy) is 1. The van der Waals surface area contributed by atoms with Gasteiger partial charge in [-0.1, -0.05) is 26.0 Å². The molecule has 4 rings (SSSR count). The van der Waals surface area contributed by atoms with E-state index < -0.39 is 0 Å². The van der Waals surface area contributed by atoms with Crippen molar-refractivity contribution < 1.29 is 13.9 Å². The number of aromatic nitrogens is 2. The number of nitrogens with one attached hydrogen (secondary N) is 1. The van der Waals surface area contributed by atoms with Crippen LogP contribution in [-0.2, 0) is 4.79 Å². The molecule has 0 aliphatic heterocycles. The van der Waals surface area contributed by atoms with Gasteiger partial charge in [0.2, 0.25) is 5.89 Å². The molecule has 0 aliphatic carbocycles. The smallest absolute Gasteiger partial charge is 0.262 e. The third kappa shape index (κ3) is 4.49. The van der Waals surface area contributed by atoms with Crippen molar-refractivity contribution >= 4 is 22.7 Å². The molecule has 152 valence electrons. The van der Waals surface area contributed by atoms with Gasteiger partial charge in [0.05, 0.1) is 5.56 Å². The van der Waals surface area contributed by atoms with Gasteiger partial charge < -0.3 is 14.5 Å². The van der Waals surface area contributed by atoms with E-state index >= 15 is 0 Å². The first kappa shape index (κ1) is 19.6. The van der Waals surface area contributed by atoms with Gasteiger partial charge in [-0.15, -0.1) is 0 Å². The quantitative estimate of drug-likeness (QED) is 0.447. The van der Waals surface area contributed by atoms with Gasteiger partial charge in [-0.25, -0.2) is 4.98 Å². The number of fused-ring (bicyclic) bond motifs is 1. The van der Waals surface area contributed by atoms with Crippen LogP contribution in [-0.4, -0.2) is 22.5 Å². The van der Waals surface area contributed by atoms with Crippen LogP contribution < -0.4 is 10.1 Å². The number of hydrogen-bond donors (Lipinski definition) is 1. The predicted octanol–water partition coefficient (Wildman–Crippen LogP) is 5.42. The summed E-state index contributed by atoms with van der Waals surface area (Å²) < 4.78 is 11.4.